The summed E-state index contributed by atoms with van der Waals surface area (Å²) in [6.07, 6.45) is 11.7. The molecule has 3 heteroatoms. The van der Waals surface area contributed by atoms with E-state index in [1.165, 1.54) is 32.1 Å². The van der Waals surface area contributed by atoms with Crippen molar-refractivity contribution >= 4 is 12.0 Å². The van der Waals surface area contributed by atoms with Crippen molar-refractivity contribution < 1.29 is 9.53 Å². The van der Waals surface area contributed by atoms with Crippen LogP contribution in [0, 0.1) is 0 Å². The van der Waals surface area contributed by atoms with Crippen LogP contribution in [0.2, 0.25) is 0 Å². The Morgan fingerprint density at radius 2 is 1.67 bits per heavy atom. The molecule has 1 aromatic carbocycles. The molecule has 0 radical (unpaired) electrons. The van der Waals surface area contributed by atoms with Crippen LogP contribution in [-0.4, -0.2) is 12.0 Å². The molecule has 0 aliphatic heterocycles. The molecule has 0 aliphatic rings. The van der Waals surface area contributed by atoms with E-state index in [0.717, 1.165) is 30.4 Å². The van der Waals surface area contributed by atoms with Gasteiger partial charge < -0.3 is 10.5 Å². The number of rotatable bonds is 13. The van der Waals surface area contributed by atoms with Crippen molar-refractivity contribution in [1.82, 2.24) is 0 Å². The van der Waals surface area contributed by atoms with Gasteiger partial charge in [0.15, 0.2) is 0 Å². The summed E-state index contributed by atoms with van der Waals surface area (Å²) in [6.45, 7) is 6.14. The summed E-state index contributed by atoms with van der Waals surface area (Å²) in [6, 6.07) is 8.22. The van der Waals surface area contributed by atoms with E-state index in [2.05, 4.69) is 13.5 Å². The van der Waals surface area contributed by atoms with Gasteiger partial charge in [0.05, 0.1) is 0 Å². The molecule has 0 saturated heterocycles. The molecule has 0 saturated carbocycles. The maximum Gasteiger partial charge on any atom is 0.306 e. The van der Waals surface area contributed by atoms with Crippen molar-refractivity contribution in [1.29, 1.82) is 0 Å². The van der Waals surface area contributed by atoms with E-state index in [9.17, 15) is 4.79 Å². The number of ether oxygens (including phenoxy) is 1. The lowest BCUT2D eigenvalue weighted by Gasteiger charge is -2.06. The normalized spacial score (nSPS) is 11.9. The van der Waals surface area contributed by atoms with E-state index < -0.39 is 0 Å². The maximum absolute atomic E-state index is 11.7. The summed E-state index contributed by atoms with van der Waals surface area (Å²) in [5.74, 6) is -0.0975. The molecule has 0 fully saturated rings. The van der Waals surface area contributed by atoms with Gasteiger partial charge in [-0.05, 0) is 30.9 Å². The lowest BCUT2D eigenvalue weighted by atomic mass is 10.1. The Morgan fingerprint density at radius 1 is 1.08 bits per heavy atom. The largest absolute Gasteiger partial charge is 0.461 e. The molecular weight excluding hydrogens is 298 g/mol. The van der Waals surface area contributed by atoms with Crippen LogP contribution in [0.1, 0.15) is 75.8 Å². The van der Waals surface area contributed by atoms with Gasteiger partial charge in [-0.2, -0.15) is 0 Å². The van der Waals surface area contributed by atoms with Gasteiger partial charge in [0.2, 0.25) is 0 Å². The van der Waals surface area contributed by atoms with E-state index in [-0.39, 0.29) is 5.97 Å². The van der Waals surface area contributed by atoms with Crippen molar-refractivity contribution in [3.63, 3.8) is 0 Å². The highest BCUT2D eigenvalue weighted by Crippen LogP contribution is 2.11. The predicted octanol–water partition coefficient (Wildman–Crippen LogP) is 5.23. The van der Waals surface area contributed by atoms with Crippen LogP contribution >= 0.6 is 0 Å². The Hall–Kier alpha value is -1.61. The summed E-state index contributed by atoms with van der Waals surface area (Å²) < 4.78 is 5.31. The highest BCUT2D eigenvalue weighted by Gasteiger charge is 2.03. The van der Waals surface area contributed by atoms with Gasteiger partial charge >= 0.3 is 5.97 Å². The Balaban J connectivity index is 1.97. The number of carbonyl (C=O) groups is 1. The number of unbranched alkanes of at least 4 members (excludes halogenated alkanes) is 6. The molecule has 2 N–H and O–H groups in total. The molecule has 0 spiro atoms. The summed E-state index contributed by atoms with van der Waals surface area (Å²) in [7, 11) is 0. The van der Waals surface area contributed by atoms with Gasteiger partial charge in [0.25, 0.3) is 0 Å². The molecule has 1 unspecified atom stereocenters. The van der Waals surface area contributed by atoms with Gasteiger partial charge in [-0.3, -0.25) is 4.79 Å². The van der Waals surface area contributed by atoms with E-state index in [1.54, 1.807) is 6.08 Å². The fourth-order valence-corrected chi connectivity index (χ4v) is 2.61. The molecule has 0 heterocycles. The van der Waals surface area contributed by atoms with E-state index in [1.807, 2.05) is 24.3 Å². The minimum Gasteiger partial charge on any atom is -0.461 e. The van der Waals surface area contributed by atoms with Crippen LogP contribution in [0.25, 0.3) is 6.08 Å². The summed E-state index contributed by atoms with van der Waals surface area (Å²) in [5, 5.41) is 0. The summed E-state index contributed by atoms with van der Waals surface area (Å²) >= 11 is 0. The molecular formula is C21H33NO2. The van der Waals surface area contributed by atoms with Crippen molar-refractivity contribution in [3.8, 4) is 0 Å². The third-order valence-electron chi connectivity index (χ3n) is 4.16. The van der Waals surface area contributed by atoms with Gasteiger partial charge in [-0.1, -0.05) is 75.4 Å². The molecule has 3 nitrogen and oxygen atoms in total. The standard InChI is InChI=1S/C21H33NO2/c1-3-19-13-15-20(16-14-19)17-24-21(23)12-10-8-6-4-5-7-9-11-18(2)22/h3,13-16,18H,1,4-12,17,22H2,2H3. The molecule has 24 heavy (non-hydrogen) atoms. The monoisotopic (exact) mass is 331 g/mol. The zero-order valence-corrected chi connectivity index (χ0v) is 15.1. The van der Waals surface area contributed by atoms with Gasteiger partial charge in [-0.15, -0.1) is 0 Å². The predicted molar refractivity (Wildman–Crippen MR) is 102 cm³/mol. The van der Waals surface area contributed by atoms with Gasteiger partial charge in [0.1, 0.15) is 6.61 Å². The molecule has 0 amide bonds. The van der Waals surface area contributed by atoms with Crippen molar-refractivity contribution in [2.75, 3.05) is 0 Å². The molecule has 1 atom stereocenters. The molecule has 1 rings (SSSR count). The molecule has 134 valence electrons. The lowest BCUT2D eigenvalue weighted by molar-refractivity contribution is -0.145. The first-order valence-corrected chi connectivity index (χ1v) is 9.24. The first-order valence-electron chi connectivity index (χ1n) is 9.24. The topological polar surface area (TPSA) is 52.3 Å². The van der Waals surface area contributed by atoms with Crippen LogP contribution in [0.4, 0.5) is 0 Å². The number of hydrogen-bond donors (Lipinski definition) is 1. The van der Waals surface area contributed by atoms with Crippen LogP contribution in [0.5, 0.6) is 0 Å². The van der Waals surface area contributed by atoms with Crippen LogP contribution in [-0.2, 0) is 16.1 Å². The Labute approximate surface area is 147 Å². The first kappa shape index (κ1) is 20.4. The van der Waals surface area contributed by atoms with Crippen LogP contribution < -0.4 is 5.73 Å². The lowest BCUT2D eigenvalue weighted by Crippen LogP contribution is -2.13. The Morgan fingerprint density at radius 3 is 2.25 bits per heavy atom. The first-order chi connectivity index (χ1) is 11.6. The second kappa shape index (κ2) is 12.8. The smallest absolute Gasteiger partial charge is 0.306 e. The van der Waals surface area contributed by atoms with E-state index >= 15 is 0 Å². The number of nitrogens with two attached hydrogens (primary N) is 1. The maximum atomic E-state index is 11.7. The SMILES string of the molecule is C=Cc1ccc(COC(=O)CCCCCCCCCC(C)N)cc1. The van der Waals surface area contributed by atoms with E-state index in [0.29, 0.717) is 19.1 Å². The fourth-order valence-electron chi connectivity index (χ4n) is 2.61. The second-order valence-corrected chi connectivity index (χ2v) is 6.60. The quantitative estimate of drug-likeness (QED) is 0.398. The Bertz CT molecular complexity index is 465. The Kier molecular flexibility index (Phi) is 10.9. The highest BCUT2D eigenvalue weighted by molar-refractivity contribution is 5.69. The minimum atomic E-state index is -0.0975. The number of esters is 1. The van der Waals surface area contributed by atoms with E-state index in [4.69, 9.17) is 10.5 Å². The second-order valence-electron chi connectivity index (χ2n) is 6.60. The molecule has 0 aromatic heterocycles. The molecule has 0 bridgehead atoms. The fraction of sp³-hybridized carbons (Fsp3) is 0.571. The van der Waals surface area contributed by atoms with Crippen molar-refractivity contribution in [2.24, 2.45) is 5.73 Å². The van der Waals surface area contributed by atoms with Crippen molar-refractivity contribution in [3.05, 3.63) is 42.0 Å². The third-order valence-corrected chi connectivity index (χ3v) is 4.16. The van der Waals surface area contributed by atoms with Crippen LogP contribution in [0.15, 0.2) is 30.8 Å². The third kappa shape index (κ3) is 10.2. The summed E-state index contributed by atoms with van der Waals surface area (Å²) in [4.78, 5) is 11.7. The molecule has 0 aliphatic carbocycles. The minimum absolute atomic E-state index is 0.0975. The zero-order chi connectivity index (χ0) is 17.6. The van der Waals surface area contributed by atoms with Crippen LogP contribution in [0.3, 0.4) is 0 Å². The highest BCUT2D eigenvalue weighted by atomic mass is 16.5. The molecule has 1 aromatic rings. The number of benzene rings is 1. The average molecular weight is 332 g/mol. The summed E-state index contributed by atoms with van der Waals surface area (Å²) in [5.41, 5.74) is 7.81. The average Bonchev–Trinajstić information content (AvgIpc) is 2.58. The van der Waals surface area contributed by atoms with Gasteiger partial charge in [0, 0.05) is 12.5 Å². The zero-order valence-electron chi connectivity index (χ0n) is 15.1. The number of carbonyl (C=O) groups excluding carboxylic acids is 1. The number of hydrogen-bond acceptors (Lipinski definition) is 3. The van der Waals surface area contributed by atoms with Crippen molar-refractivity contribution in [2.45, 2.75) is 77.4 Å². The van der Waals surface area contributed by atoms with Gasteiger partial charge in [-0.25, -0.2) is 0 Å².